The number of likely N-dealkylation sites (N-methyl/N-ethyl adjacent to an activating group) is 1. The Morgan fingerprint density at radius 1 is 0.944 bits per heavy atom. The number of amides is 2. The molecule has 0 fully saturated rings. The van der Waals surface area contributed by atoms with Gasteiger partial charge in [-0.3, -0.25) is 9.59 Å². The van der Waals surface area contributed by atoms with Crippen LogP contribution < -0.4 is 22.1 Å². The molecule has 0 spiro atoms. The molecule has 2 amide bonds. The minimum Gasteiger partial charge on any atom is -0.355 e. The Labute approximate surface area is 108 Å². The van der Waals surface area contributed by atoms with E-state index in [9.17, 15) is 9.59 Å². The van der Waals surface area contributed by atoms with Gasteiger partial charge in [-0.05, 0) is 7.05 Å². The lowest BCUT2D eigenvalue weighted by Crippen LogP contribution is -2.38. The summed E-state index contributed by atoms with van der Waals surface area (Å²) >= 11 is 0. The molecule has 0 atom stereocenters. The highest BCUT2D eigenvalue weighted by atomic mass is 16.2. The third-order valence-electron chi connectivity index (χ3n) is 2.37. The number of carbonyl (C=O) groups excluding carboxylic acids is 2. The average Bonchev–Trinajstić information content (AvgIpc) is 2.29. The van der Waals surface area contributed by atoms with Gasteiger partial charge in [0.05, 0.1) is 0 Å². The summed E-state index contributed by atoms with van der Waals surface area (Å²) in [4.78, 5) is 24.3. The van der Waals surface area contributed by atoms with Crippen molar-refractivity contribution in [2.45, 2.75) is 12.8 Å². The van der Waals surface area contributed by atoms with Gasteiger partial charge in [0.1, 0.15) is 0 Å². The minimum atomic E-state index is -0.0258. The largest absolute Gasteiger partial charge is 0.355 e. The van der Waals surface area contributed by atoms with Crippen LogP contribution in [0.3, 0.4) is 0 Å². The van der Waals surface area contributed by atoms with Crippen molar-refractivity contribution in [3.63, 3.8) is 0 Å². The van der Waals surface area contributed by atoms with Gasteiger partial charge in [0, 0.05) is 52.1 Å². The lowest BCUT2D eigenvalue weighted by atomic mass is 10.4. The third kappa shape index (κ3) is 10.0. The zero-order valence-corrected chi connectivity index (χ0v) is 11.1. The first-order valence-electron chi connectivity index (χ1n) is 6.22. The number of nitrogens with one attached hydrogen (secondary N) is 2. The molecule has 0 saturated carbocycles. The van der Waals surface area contributed by atoms with Crippen LogP contribution in [0.2, 0.25) is 0 Å². The second-order valence-corrected chi connectivity index (χ2v) is 4.08. The summed E-state index contributed by atoms with van der Waals surface area (Å²) in [5, 5.41) is 5.54. The van der Waals surface area contributed by atoms with Crippen LogP contribution in [0.1, 0.15) is 12.8 Å². The van der Waals surface area contributed by atoms with E-state index in [-0.39, 0.29) is 11.8 Å². The Hall–Kier alpha value is -1.18. The highest BCUT2D eigenvalue weighted by Gasteiger charge is 2.02. The van der Waals surface area contributed by atoms with Gasteiger partial charge in [-0.2, -0.15) is 0 Å². The summed E-state index contributed by atoms with van der Waals surface area (Å²) in [5.41, 5.74) is 10.5. The molecular weight excluding hydrogens is 234 g/mol. The van der Waals surface area contributed by atoms with E-state index < -0.39 is 0 Å². The van der Waals surface area contributed by atoms with E-state index in [2.05, 4.69) is 10.6 Å². The van der Waals surface area contributed by atoms with E-state index in [4.69, 9.17) is 11.5 Å². The van der Waals surface area contributed by atoms with Crippen LogP contribution in [-0.4, -0.2) is 63.0 Å². The van der Waals surface area contributed by atoms with Crippen molar-refractivity contribution < 1.29 is 9.59 Å². The molecule has 0 aromatic carbocycles. The molecule has 0 aliphatic heterocycles. The van der Waals surface area contributed by atoms with Gasteiger partial charge < -0.3 is 27.0 Å². The van der Waals surface area contributed by atoms with Crippen LogP contribution in [0, 0.1) is 0 Å². The fourth-order valence-electron chi connectivity index (χ4n) is 1.32. The van der Waals surface area contributed by atoms with Crippen LogP contribution in [0.4, 0.5) is 0 Å². The molecule has 0 bridgehead atoms. The van der Waals surface area contributed by atoms with Gasteiger partial charge in [0.25, 0.3) is 0 Å². The highest BCUT2D eigenvalue weighted by Crippen LogP contribution is 1.82. The summed E-state index contributed by atoms with van der Waals surface area (Å²) in [6.45, 7) is 3.40. The Bertz CT molecular complexity index is 224. The monoisotopic (exact) mass is 259 g/mol. The molecule has 0 aromatic rings. The van der Waals surface area contributed by atoms with E-state index in [1.807, 2.05) is 11.9 Å². The zero-order chi connectivity index (χ0) is 13.8. The Morgan fingerprint density at radius 3 is 1.67 bits per heavy atom. The van der Waals surface area contributed by atoms with Crippen molar-refractivity contribution in [2.75, 3.05) is 46.3 Å². The van der Waals surface area contributed by atoms with Crippen molar-refractivity contribution in [3.8, 4) is 0 Å². The first kappa shape index (κ1) is 16.8. The first-order valence-corrected chi connectivity index (χ1v) is 6.22. The van der Waals surface area contributed by atoms with E-state index in [0.29, 0.717) is 39.0 Å². The molecule has 0 heterocycles. The van der Waals surface area contributed by atoms with Crippen molar-refractivity contribution in [1.82, 2.24) is 15.5 Å². The molecule has 6 N–H and O–H groups in total. The molecule has 0 radical (unpaired) electrons. The Morgan fingerprint density at radius 2 is 1.33 bits per heavy atom. The van der Waals surface area contributed by atoms with E-state index in [1.165, 1.54) is 0 Å². The molecule has 0 aliphatic carbocycles. The molecule has 0 aromatic heterocycles. The first-order chi connectivity index (χ1) is 8.60. The lowest BCUT2D eigenvalue weighted by Gasteiger charge is -2.17. The Kier molecular flexibility index (Phi) is 10.2. The molecular formula is C11H25N5O2. The van der Waals surface area contributed by atoms with Gasteiger partial charge in [0.2, 0.25) is 11.8 Å². The molecule has 0 rings (SSSR count). The summed E-state index contributed by atoms with van der Waals surface area (Å²) < 4.78 is 0. The van der Waals surface area contributed by atoms with Crippen molar-refractivity contribution in [2.24, 2.45) is 11.5 Å². The van der Waals surface area contributed by atoms with Gasteiger partial charge >= 0.3 is 0 Å². The highest BCUT2D eigenvalue weighted by molar-refractivity contribution is 5.76. The summed E-state index contributed by atoms with van der Waals surface area (Å²) in [5.74, 6) is -0.0516. The fraction of sp³-hybridized carbons (Fsp3) is 0.818. The molecule has 7 heteroatoms. The molecule has 0 aliphatic rings. The van der Waals surface area contributed by atoms with Gasteiger partial charge in [0.15, 0.2) is 0 Å². The molecule has 7 nitrogen and oxygen atoms in total. The fourth-order valence-corrected chi connectivity index (χ4v) is 1.32. The van der Waals surface area contributed by atoms with Crippen molar-refractivity contribution in [1.29, 1.82) is 0 Å². The maximum atomic E-state index is 11.1. The maximum Gasteiger partial charge on any atom is 0.221 e. The predicted octanol–water partition coefficient (Wildman–Crippen LogP) is -2.15. The van der Waals surface area contributed by atoms with Crippen molar-refractivity contribution >= 4 is 11.8 Å². The number of rotatable bonds is 10. The van der Waals surface area contributed by atoms with Crippen LogP contribution in [0.25, 0.3) is 0 Å². The van der Waals surface area contributed by atoms with E-state index in [1.54, 1.807) is 0 Å². The average molecular weight is 259 g/mol. The number of nitrogens with zero attached hydrogens (tertiary/aromatic N) is 1. The molecule has 0 unspecified atom stereocenters. The summed E-state index contributed by atoms with van der Waals surface area (Å²) in [6.07, 6.45) is 0.720. The molecule has 0 saturated heterocycles. The van der Waals surface area contributed by atoms with Gasteiger partial charge in [-0.1, -0.05) is 0 Å². The Balaban J connectivity index is 3.45. The second-order valence-electron chi connectivity index (χ2n) is 4.08. The molecule has 18 heavy (non-hydrogen) atoms. The van der Waals surface area contributed by atoms with Crippen LogP contribution >= 0.6 is 0 Å². The summed E-state index contributed by atoms with van der Waals surface area (Å²) in [7, 11) is 1.93. The van der Waals surface area contributed by atoms with Crippen LogP contribution in [0.15, 0.2) is 0 Å². The number of nitrogens with two attached hydrogens (primary N) is 2. The number of carbonyl (C=O) groups is 2. The smallest absolute Gasteiger partial charge is 0.221 e. The van der Waals surface area contributed by atoms with Gasteiger partial charge in [-0.15, -0.1) is 0 Å². The molecule has 106 valence electrons. The third-order valence-corrected chi connectivity index (χ3v) is 2.37. The lowest BCUT2D eigenvalue weighted by molar-refractivity contribution is -0.121. The number of hydrogen-bond acceptors (Lipinski definition) is 5. The maximum absolute atomic E-state index is 11.1. The SMILES string of the molecule is CN(CCNC(=O)CCN)CCNC(=O)CCN. The van der Waals surface area contributed by atoms with Crippen LogP contribution in [0.5, 0.6) is 0 Å². The van der Waals surface area contributed by atoms with Crippen LogP contribution in [-0.2, 0) is 9.59 Å². The van der Waals surface area contributed by atoms with E-state index >= 15 is 0 Å². The quantitative estimate of drug-likeness (QED) is 0.357. The van der Waals surface area contributed by atoms with Crippen molar-refractivity contribution in [3.05, 3.63) is 0 Å². The standard InChI is InChI=1S/C11H25N5O2/c1-16(8-6-14-10(17)2-4-12)9-7-15-11(18)3-5-13/h2-9,12-13H2,1H3,(H,14,17)(H,15,18). The summed E-state index contributed by atoms with van der Waals surface area (Å²) in [6, 6.07) is 0. The zero-order valence-electron chi connectivity index (χ0n) is 11.1. The predicted molar refractivity (Wildman–Crippen MR) is 70.9 cm³/mol. The second kappa shape index (κ2) is 10.9. The topological polar surface area (TPSA) is 113 Å². The van der Waals surface area contributed by atoms with Gasteiger partial charge in [-0.25, -0.2) is 0 Å². The number of hydrogen-bond donors (Lipinski definition) is 4. The van der Waals surface area contributed by atoms with E-state index in [0.717, 1.165) is 13.1 Å². The normalized spacial score (nSPS) is 10.4. The minimum absolute atomic E-state index is 0.0258.